The van der Waals surface area contributed by atoms with Crippen molar-refractivity contribution >= 4 is 40.0 Å². The van der Waals surface area contributed by atoms with Gasteiger partial charge in [-0.05, 0) is 42.5 Å². The summed E-state index contributed by atoms with van der Waals surface area (Å²) in [6.07, 6.45) is 0. The van der Waals surface area contributed by atoms with Gasteiger partial charge in [0.15, 0.2) is 0 Å². The Morgan fingerprint density at radius 3 is 2.27 bits per heavy atom. The van der Waals surface area contributed by atoms with Gasteiger partial charge in [-0.3, -0.25) is 14.9 Å². The number of para-hydroxylation sites is 1. The van der Waals surface area contributed by atoms with Crippen LogP contribution in [0.25, 0.3) is 0 Å². The highest BCUT2D eigenvalue weighted by Crippen LogP contribution is 2.29. The minimum absolute atomic E-state index is 0.0416. The number of hydrogen-bond donors (Lipinski definition) is 3. The first-order valence-corrected chi connectivity index (χ1v) is 9.34. The van der Waals surface area contributed by atoms with Gasteiger partial charge in [-0.1, -0.05) is 18.2 Å². The van der Waals surface area contributed by atoms with Gasteiger partial charge in [0.1, 0.15) is 0 Å². The Kier molecular flexibility index (Phi) is 6.49. The molecule has 3 rings (SSSR count). The zero-order valence-electron chi connectivity index (χ0n) is 16.8. The molecule has 3 N–H and O–H groups in total. The van der Waals surface area contributed by atoms with Gasteiger partial charge in [-0.15, -0.1) is 0 Å². The highest BCUT2D eigenvalue weighted by Gasteiger charge is 2.12. The van der Waals surface area contributed by atoms with E-state index in [1.54, 1.807) is 6.07 Å². The summed E-state index contributed by atoms with van der Waals surface area (Å²) < 4.78 is 0. The summed E-state index contributed by atoms with van der Waals surface area (Å²) in [6.45, 7) is -0.0416. The number of amides is 1. The molecule has 0 aliphatic rings. The SMILES string of the molecule is CN(C)c1ccc(NC(=O)CNc2cc([N+](=O)[O-])ccc2Nc2ccccc2)cc1. The van der Waals surface area contributed by atoms with Gasteiger partial charge in [0.25, 0.3) is 5.69 Å². The first-order valence-electron chi connectivity index (χ1n) is 9.34. The Morgan fingerprint density at radius 2 is 1.63 bits per heavy atom. The van der Waals surface area contributed by atoms with Gasteiger partial charge < -0.3 is 20.9 Å². The van der Waals surface area contributed by atoms with Gasteiger partial charge in [-0.25, -0.2) is 0 Å². The molecule has 0 bridgehead atoms. The summed E-state index contributed by atoms with van der Waals surface area (Å²) in [4.78, 5) is 25.0. The molecule has 0 spiro atoms. The van der Waals surface area contributed by atoms with Crippen LogP contribution in [0.4, 0.5) is 34.1 Å². The van der Waals surface area contributed by atoms with Crippen LogP contribution in [-0.2, 0) is 4.79 Å². The highest BCUT2D eigenvalue weighted by atomic mass is 16.6. The van der Waals surface area contributed by atoms with Crippen LogP contribution in [0.5, 0.6) is 0 Å². The summed E-state index contributed by atoms with van der Waals surface area (Å²) in [5, 5.41) is 20.2. The molecule has 30 heavy (non-hydrogen) atoms. The largest absolute Gasteiger partial charge is 0.378 e. The quantitative estimate of drug-likeness (QED) is 0.378. The lowest BCUT2D eigenvalue weighted by atomic mass is 10.2. The number of benzene rings is 3. The van der Waals surface area contributed by atoms with Crippen molar-refractivity contribution in [3.05, 3.63) is 82.9 Å². The molecule has 8 heteroatoms. The van der Waals surface area contributed by atoms with E-state index in [2.05, 4.69) is 16.0 Å². The molecule has 0 aliphatic heterocycles. The Labute approximate surface area is 174 Å². The third-order valence-electron chi connectivity index (χ3n) is 4.37. The lowest BCUT2D eigenvalue weighted by molar-refractivity contribution is -0.384. The fourth-order valence-electron chi connectivity index (χ4n) is 2.80. The predicted octanol–water partition coefficient (Wildman–Crippen LogP) is 4.46. The van der Waals surface area contributed by atoms with Crippen LogP contribution < -0.4 is 20.9 Å². The van der Waals surface area contributed by atoms with Crippen LogP contribution in [0, 0.1) is 10.1 Å². The first kappa shape index (κ1) is 20.7. The molecule has 1 amide bonds. The number of nitro benzene ring substituents is 1. The van der Waals surface area contributed by atoms with Crippen molar-refractivity contribution in [3.63, 3.8) is 0 Å². The summed E-state index contributed by atoms with van der Waals surface area (Å²) in [5.41, 5.74) is 3.57. The lowest BCUT2D eigenvalue weighted by Crippen LogP contribution is -2.22. The van der Waals surface area contributed by atoms with E-state index in [0.29, 0.717) is 17.1 Å². The van der Waals surface area contributed by atoms with Crippen LogP contribution in [-0.4, -0.2) is 31.5 Å². The predicted molar refractivity (Wildman–Crippen MR) is 121 cm³/mol. The molecular weight excluding hydrogens is 382 g/mol. The van der Waals surface area contributed by atoms with E-state index < -0.39 is 4.92 Å². The number of nitro groups is 1. The smallest absolute Gasteiger partial charge is 0.271 e. The topological polar surface area (TPSA) is 99.5 Å². The van der Waals surface area contributed by atoms with Crippen molar-refractivity contribution in [1.82, 2.24) is 0 Å². The number of carbonyl (C=O) groups is 1. The molecular formula is C22H23N5O3. The maximum absolute atomic E-state index is 12.4. The molecule has 0 aromatic heterocycles. The third kappa shape index (κ3) is 5.48. The van der Waals surface area contributed by atoms with E-state index in [4.69, 9.17) is 0 Å². The van der Waals surface area contributed by atoms with Crippen molar-refractivity contribution in [1.29, 1.82) is 0 Å². The van der Waals surface area contributed by atoms with Crippen molar-refractivity contribution < 1.29 is 9.72 Å². The average Bonchev–Trinajstić information content (AvgIpc) is 2.74. The van der Waals surface area contributed by atoms with Crippen molar-refractivity contribution in [2.24, 2.45) is 0 Å². The lowest BCUT2D eigenvalue weighted by Gasteiger charge is -2.15. The number of carbonyl (C=O) groups excluding carboxylic acids is 1. The van der Waals surface area contributed by atoms with E-state index in [0.717, 1.165) is 11.4 Å². The van der Waals surface area contributed by atoms with Crippen LogP contribution in [0.2, 0.25) is 0 Å². The first-order chi connectivity index (χ1) is 14.4. The van der Waals surface area contributed by atoms with Crippen molar-refractivity contribution in [3.8, 4) is 0 Å². The van der Waals surface area contributed by atoms with Gasteiger partial charge >= 0.3 is 0 Å². The minimum atomic E-state index is -0.468. The van der Waals surface area contributed by atoms with E-state index in [-0.39, 0.29) is 18.1 Å². The average molecular weight is 405 g/mol. The fourth-order valence-corrected chi connectivity index (χ4v) is 2.80. The molecule has 0 saturated carbocycles. The maximum atomic E-state index is 12.4. The van der Waals surface area contributed by atoms with Crippen molar-refractivity contribution in [2.45, 2.75) is 0 Å². The fraction of sp³-hybridized carbons (Fsp3) is 0.136. The normalized spacial score (nSPS) is 10.2. The van der Waals surface area contributed by atoms with Crippen molar-refractivity contribution in [2.75, 3.05) is 41.5 Å². The molecule has 0 atom stereocenters. The van der Waals surface area contributed by atoms with Gasteiger partial charge in [0, 0.05) is 43.3 Å². The van der Waals surface area contributed by atoms with Crippen LogP contribution >= 0.6 is 0 Å². The van der Waals surface area contributed by atoms with Crippen LogP contribution in [0.3, 0.4) is 0 Å². The molecule has 0 fully saturated rings. The monoisotopic (exact) mass is 405 g/mol. The van der Waals surface area contributed by atoms with E-state index in [1.807, 2.05) is 73.6 Å². The minimum Gasteiger partial charge on any atom is -0.378 e. The number of anilines is 5. The highest BCUT2D eigenvalue weighted by molar-refractivity contribution is 5.94. The number of nitrogens with one attached hydrogen (secondary N) is 3. The summed E-state index contributed by atoms with van der Waals surface area (Å²) >= 11 is 0. The molecule has 3 aromatic rings. The summed E-state index contributed by atoms with van der Waals surface area (Å²) in [7, 11) is 3.88. The Morgan fingerprint density at radius 1 is 0.933 bits per heavy atom. The number of non-ortho nitro benzene ring substituents is 1. The van der Waals surface area contributed by atoms with E-state index in [9.17, 15) is 14.9 Å². The zero-order valence-corrected chi connectivity index (χ0v) is 16.8. The Bertz CT molecular complexity index is 1020. The second-order valence-electron chi connectivity index (χ2n) is 6.82. The number of hydrogen-bond acceptors (Lipinski definition) is 6. The third-order valence-corrected chi connectivity index (χ3v) is 4.37. The molecule has 3 aromatic carbocycles. The van der Waals surface area contributed by atoms with E-state index in [1.165, 1.54) is 12.1 Å². The standard InChI is InChI=1S/C22H23N5O3/c1-26(2)18-10-8-17(9-11-18)25-22(28)15-23-21-14-19(27(29)30)12-13-20(21)24-16-6-4-3-5-7-16/h3-14,23-24H,15H2,1-2H3,(H,25,28). The van der Waals surface area contributed by atoms with Gasteiger partial charge in [0.05, 0.1) is 22.8 Å². The Hall–Kier alpha value is -4.07. The molecule has 0 aliphatic carbocycles. The number of nitrogens with zero attached hydrogens (tertiary/aromatic N) is 2. The van der Waals surface area contributed by atoms with Crippen LogP contribution in [0.15, 0.2) is 72.8 Å². The molecule has 0 unspecified atom stereocenters. The molecule has 0 saturated heterocycles. The molecule has 0 radical (unpaired) electrons. The molecule has 154 valence electrons. The maximum Gasteiger partial charge on any atom is 0.271 e. The van der Waals surface area contributed by atoms with Gasteiger partial charge in [0.2, 0.25) is 5.91 Å². The molecule has 0 heterocycles. The summed E-state index contributed by atoms with van der Waals surface area (Å²) in [6, 6.07) is 21.3. The van der Waals surface area contributed by atoms with Crippen LogP contribution in [0.1, 0.15) is 0 Å². The van der Waals surface area contributed by atoms with E-state index >= 15 is 0 Å². The van der Waals surface area contributed by atoms with Gasteiger partial charge in [-0.2, -0.15) is 0 Å². The zero-order chi connectivity index (χ0) is 21.5. The summed E-state index contributed by atoms with van der Waals surface area (Å²) in [5.74, 6) is -0.259. The molecule has 8 nitrogen and oxygen atoms in total. The second-order valence-corrected chi connectivity index (χ2v) is 6.82. The second kappa shape index (κ2) is 9.42. The number of rotatable bonds is 8. The Balaban J connectivity index is 1.69.